The van der Waals surface area contributed by atoms with Crippen LogP contribution in [0.5, 0.6) is 5.75 Å². The molecule has 0 fully saturated rings. The number of nitrogens with zero attached hydrogens (tertiary/aromatic N) is 2. The number of amides is 2. The number of carbonyl (C=O) groups excluding carboxylic acids is 2. The molecular weight excluding hydrogens is 593 g/mol. The number of halogens is 2. The van der Waals surface area contributed by atoms with E-state index in [1.807, 2.05) is 52.9 Å². The number of nitrogens with one attached hydrogen (secondary N) is 1. The largest absolute Gasteiger partial charge is 0.508 e. The van der Waals surface area contributed by atoms with Crippen LogP contribution in [0.1, 0.15) is 17.5 Å². The van der Waals surface area contributed by atoms with Gasteiger partial charge in [0.2, 0.25) is 0 Å². The number of alkyl carbamates (subject to hydrolysis) is 1. The lowest BCUT2D eigenvalue weighted by Gasteiger charge is -2.32. The number of oxime groups is 1. The van der Waals surface area contributed by atoms with Crippen LogP contribution in [0.2, 0.25) is 0 Å². The van der Waals surface area contributed by atoms with Gasteiger partial charge in [-0.05, 0) is 61.8 Å². The Morgan fingerprint density at radius 1 is 1.25 bits per heavy atom. The Bertz CT molecular complexity index is 973. The van der Waals surface area contributed by atoms with Crippen LogP contribution in [-0.2, 0) is 27.4 Å². The van der Waals surface area contributed by atoms with Crippen LogP contribution < -0.4 is 5.32 Å². The molecule has 1 aliphatic heterocycles. The summed E-state index contributed by atoms with van der Waals surface area (Å²) in [4.78, 5) is 32.8. The highest BCUT2D eigenvalue weighted by Gasteiger charge is 2.41. The van der Waals surface area contributed by atoms with Crippen LogP contribution in [0.4, 0.5) is 4.79 Å². The second kappa shape index (κ2) is 11.0. The Labute approximate surface area is 208 Å². The lowest BCUT2D eigenvalue weighted by molar-refractivity contribution is -0.134. The highest BCUT2D eigenvalue weighted by Crippen LogP contribution is 2.26. The average molecular weight is 616 g/mol. The van der Waals surface area contributed by atoms with E-state index >= 15 is 0 Å². The van der Waals surface area contributed by atoms with Crippen LogP contribution in [0, 0.1) is 0 Å². The molecule has 2 N–H and O–H groups in total. The number of likely N-dealkylation sites (N-methyl/N-ethyl adjacent to an activating group) is 1. The van der Waals surface area contributed by atoms with Gasteiger partial charge in [0.25, 0.3) is 5.91 Å². The number of hydrogen-bond donors (Lipinski definition) is 2. The average Bonchev–Trinajstić information content (AvgIpc) is 3.18. The molecule has 2 atom stereocenters. The first-order valence-electron chi connectivity index (χ1n) is 9.84. The normalized spacial score (nSPS) is 17.0. The van der Waals surface area contributed by atoms with E-state index < -0.39 is 9.64 Å². The third-order valence-electron chi connectivity index (χ3n) is 4.76. The number of phenolic OH excluding ortho intramolecular Hbond substituents is 1. The molecule has 0 saturated heterocycles. The zero-order valence-corrected chi connectivity index (χ0v) is 21.1. The summed E-state index contributed by atoms with van der Waals surface area (Å²) in [6.07, 6.45) is -0.204. The molecule has 170 valence electrons. The van der Waals surface area contributed by atoms with Crippen molar-refractivity contribution in [1.82, 2.24) is 10.2 Å². The first-order valence-corrected chi connectivity index (χ1v) is 11.7. The molecule has 1 aliphatic rings. The van der Waals surface area contributed by atoms with Gasteiger partial charge in [0, 0.05) is 19.9 Å². The minimum atomic E-state index is -1.31. The molecule has 32 heavy (non-hydrogen) atoms. The highest BCUT2D eigenvalue weighted by molar-refractivity contribution is 14.1. The van der Waals surface area contributed by atoms with Crippen molar-refractivity contribution in [2.45, 2.75) is 29.1 Å². The first kappa shape index (κ1) is 24.3. The number of rotatable bonds is 8. The van der Waals surface area contributed by atoms with Gasteiger partial charge in [-0.25, -0.2) is 4.79 Å². The van der Waals surface area contributed by atoms with Gasteiger partial charge in [-0.2, -0.15) is 0 Å². The molecule has 0 aliphatic carbocycles. The molecular formula is C22H23BrIN3O5. The van der Waals surface area contributed by atoms with Gasteiger partial charge in [0.15, 0.2) is 9.65 Å². The Morgan fingerprint density at radius 3 is 2.56 bits per heavy atom. The fraction of sp³-hybridized carbons (Fsp3) is 0.318. The summed E-state index contributed by atoms with van der Waals surface area (Å²) in [5.41, 5.74) is 1.61. The molecule has 0 bridgehead atoms. The number of ether oxygens (including phenoxy) is 1. The van der Waals surface area contributed by atoms with Gasteiger partial charge in [0.05, 0.1) is 6.54 Å². The van der Waals surface area contributed by atoms with Crippen molar-refractivity contribution in [1.29, 1.82) is 0 Å². The Morgan fingerprint density at radius 2 is 1.94 bits per heavy atom. The van der Waals surface area contributed by atoms with Crippen molar-refractivity contribution >= 4 is 55.1 Å². The predicted molar refractivity (Wildman–Crippen MR) is 132 cm³/mol. The van der Waals surface area contributed by atoms with Crippen LogP contribution in [-0.4, -0.2) is 49.9 Å². The summed E-state index contributed by atoms with van der Waals surface area (Å²) in [5, 5.41) is 16.1. The molecule has 2 amide bonds. The van der Waals surface area contributed by atoms with Crippen LogP contribution in [0.3, 0.4) is 0 Å². The summed E-state index contributed by atoms with van der Waals surface area (Å²) in [6, 6.07) is 15.8. The maximum absolute atomic E-state index is 13.4. The van der Waals surface area contributed by atoms with E-state index in [1.165, 1.54) is 17.0 Å². The number of alkyl halides is 1. The Kier molecular flexibility index (Phi) is 8.35. The maximum Gasteiger partial charge on any atom is 0.408 e. The molecule has 1 heterocycles. The van der Waals surface area contributed by atoms with Crippen molar-refractivity contribution in [2.75, 3.05) is 13.6 Å². The third-order valence-corrected chi connectivity index (χ3v) is 6.34. The molecule has 0 spiro atoms. The van der Waals surface area contributed by atoms with Gasteiger partial charge in [-0.3, -0.25) is 10.1 Å². The number of carbonyl (C=O) groups is 2. The summed E-state index contributed by atoms with van der Waals surface area (Å²) >= 11 is 5.23. The van der Waals surface area contributed by atoms with Crippen molar-refractivity contribution in [3.8, 4) is 5.75 Å². The van der Waals surface area contributed by atoms with Crippen molar-refractivity contribution in [3.63, 3.8) is 0 Å². The SMILES string of the molecule is CN(CC1CC(Br)=NO1)C(=O)[C@@](I)(Cc1ccc(O)cc1)NC(=O)OCc1ccccc1. The fourth-order valence-electron chi connectivity index (χ4n) is 3.17. The van der Waals surface area contributed by atoms with Gasteiger partial charge >= 0.3 is 6.09 Å². The lowest BCUT2D eigenvalue weighted by Crippen LogP contribution is -2.57. The molecule has 2 aromatic carbocycles. The molecule has 1 unspecified atom stereocenters. The zero-order valence-electron chi connectivity index (χ0n) is 17.3. The molecule has 0 aromatic heterocycles. The van der Waals surface area contributed by atoms with E-state index in [-0.39, 0.29) is 30.8 Å². The van der Waals surface area contributed by atoms with E-state index in [4.69, 9.17) is 9.57 Å². The smallest absolute Gasteiger partial charge is 0.408 e. The van der Waals surface area contributed by atoms with Crippen LogP contribution in [0.25, 0.3) is 0 Å². The van der Waals surface area contributed by atoms with Crippen LogP contribution in [0.15, 0.2) is 59.8 Å². The lowest BCUT2D eigenvalue weighted by atomic mass is 10.0. The second-order valence-corrected chi connectivity index (χ2v) is 10.2. The van der Waals surface area contributed by atoms with Gasteiger partial charge in [0.1, 0.15) is 17.0 Å². The number of aromatic hydroxyl groups is 1. The third kappa shape index (κ3) is 6.83. The highest BCUT2D eigenvalue weighted by atomic mass is 127. The molecule has 0 radical (unpaired) electrons. The van der Waals surface area contributed by atoms with E-state index in [2.05, 4.69) is 26.4 Å². The van der Waals surface area contributed by atoms with Crippen molar-refractivity contribution < 1.29 is 24.3 Å². The van der Waals surface area contributed by atoms with Gasteiger partial charge in [-0.1, -0.05) is 47.6 Å². The summed E-state index contributed by atoms with van der Waals surface area (Å²) in [6.45, 7) is 0.391. The fourth-order valence-corrected chi connectivity index (χ4v) is 4.69. The maximum atomic E-state index is 13.4. The summed E-state index contributed by atoms with van der Waals surface area (Å²) in [7, 11) is 1.65. The van der Waals surface area contributed by atoms with Gasteiger partial charge in [-0.15, -0.1) is 0 Å². The predicted octanol–water partition coefficient (Wildman–Crippen LogP) is 3.95. The minimum Gasteiger partial charge on any atom is -0.508 e. The standard InChI is InChI=1S/C22H23BrIN3O5/c1-27(13-18-11-19(23)26-32-18)20(29)22(24,12-15-7-9-17(28)10-8-15)25-21(30)31-14-16-5-3-2-4-6-16/h2-10,18,28H,11-14H2,1H3,(H,25,30)/t18?,22-/m1/s1. The first-order chi connectivity index (χ1) is 15.2. The second-order valence-electron chi connectivity index (χ2n) is 7.42. The van der Waals surface area contributed by atoms with E-state index in [0.717, 1.165) is 11.1 Å². The number of benzene rings is 2. The minimum absolute atomic E-state index is 0.0872. The topological polar surface area (TPSA) is 100 Å². The summed E-state index contributed by atoms with van der Waals surface area (Å²) < 4.78 is 4.72. The monoisotopic (exact) mass is 615 g/mol. The van der Waals surface area contributed by atoms with E-state index in [0.29, 0.717) is 17.6 Å². The molecule has 8 nitrogen and oxygen atoms in total. The van der Waals surface area contributed by atoms with Crippen LogP contribution >= 0.6 is 38.5 Å². The molecule has 2 aromatic rings. The van der Waals surface area contributed by atoms with E-state index in [1.54, 1.807) is 19.2 Å². The molecule has 10 heteroatoms. The molecule has 3 rings (SSSR count). The number of phenols is 1. The number of hydrogen-bond acceptors (Lipinski definition) is 6. The quantitative estimate of drug-likeness (QED) is 0.266. The van der Waals surface area contributed by atoms with E-state index in [9.17, 15) is 14.7 Å². The van der Waals surface area contributed by atoms with Gasteiger partial charge < -0.3 is 19.6 Å². The zero-order chi connectivity index (χ0) is 23.1. The summed E-state index contributed by atoms with van der Waals surface area (Å²) in [5.74, 6) is -0.190. The van der Waals surface area contributed by atoms with Crippen molar-refractivity contribution in [2.24, 2.45) is 5.16 Å². The van der Waals surface area contributed by atoms with Crippen molar-refractivity contribution in [3.05, 3.63) is 65.7 Å². The Hall–Kier alpha value is -2.34. The molecule has 0 saturated carbocycles. The Balaban J connectivity index is 1.71.